The van der Waals surface area contributed by atoms with Gasteiger partial charge < -0.3 is 19.5 Å². The Hall–Kier alpha value is -1.30. The molecule has 1 aliphatic heterocycles. The fourth-order valence-electron chi connectivity index (χ4n) is 3.40. The summed E-state index contributed by atoms with van der Waals surface area (Å²) in [6.07, 6.45) is 3.31. The van der Waals surface area contributed by atoms with E-state index in [9.17, 15) is 9.90 Å². The zero-order chi connectivity index (χ0) is 18.9. The highest BCUT2D eigenvalue weighted by molar-refractivity contribution is 6.30. The van der Waals surface area contributed by atoms with Crippen LogP contribution in [0.4, 0.5) is 4.79 Å². The number of halogens is 1. The number of benzene rings is 1. The summed E-state index contributed by atoms with van der Waals surface area (Å²) in [5.41, 5.74) is 2.12. The number of hydrogen-bond donors (Lipinski definition) is 1. The molecule has 1 fully saturated rings. The zero-order valence-corrected chi connectivity index (χ0v) is 16.5. The standard InChI is InChI=1S/C20H30ClNO4/c1-3-4-11-26-20(24)22-9-5-6-16(14-22)19(25-12-10-23)18-13-17(21)8-7-15(18)2/h7-8,13,16,19,23H,3-6,9-12,14H2,1-2H3. The molecular weight excluding hydrogens is 354 g/mol. The van der Waals surface area contributed by atoms with Crippen LogP contribution in [0, 0.1) is 12.8 Å². The second-order valence-electron chi connectivity index (χ2n) is 6.83. The number of aryl methyl sites for hydroxylation is 1. The molecule has 0 saturated carbocycles. The van der Waals surface area contributed by atoms with E-state index in [1.54, 1.807) is 4.90 Å². The first-order valence-electron chi connectivity index (χ1n) is 9.47. The summed E-state index contributed by atoms with van der Waals surface area (Å²) in [6, 6.07) is 5.77. The minimum atomic E-state index is -0.244. The number of carbonyl (C=O) groups excluding carboxylic acids is 1. The molecule has 1 N–H and O–H groups in total. The SMILES string of the molecule is CCCCOC(=O)N1CCCC(C(OCCO)c2cc(Cl)ccc2C)C1. The Morgan fingerprint density at radius 1 is 1.42 bits per heavy atom. The van der Waals surface area contributed by atoms with E-state index in [2.05, 4.69) is 6.92 Å². The molecule has 1 aliphatic rings. The van der Waals surface area contributed by atoms with Crippen LogP contribution in [0.2, 0.25) is 5.02 Å². The Balaban J connectivity index is 2.11. The first-order valence-corrected chi connectivity index (χ1v) is 9.84. The molecule has 0 spiro atoms. The Labute approximate surface area is 161 Å². The van der Waals surface area contributed by atoms with Crippen LogP contribution in [-0.4, -0.2) is 49.0 Å². The third-order valence-corrected chi connectivity index (χ3v) is 5.04. The number of aliphatic hydroxyl groups excluding tert-OH is 1. The maximum Gasteiger partial charge on any atom is 0.409 e. The molecule has 0 aromatic heterocycles. The molecule has 1 amide bonds. The van der Waals surface area contributed by atoms with Crippen LogP contribution in [0.25, 0.3) is 0 Å². The Kier molecular flexibility index (Phi) is 8.69. The van der Waals surface area contributed by atoms with Crippen LogP contribution < -0.4 is 0 Å². The molecule has 1 aromatic carbocycles. The lowest BCUT2D eigenvalue weighted by Crippen LogP contribution is -2.42. The van der Waals surface area contributed by atoms with Crippen molar-refractivity contribution < 1.29 is 19.4 Å². The second-order valence-corrected chi connectivity index (χ2v) is 7.27. The van der Waals surface area contributed by atoms with Crippen molar-refractivity contribution in [1.82, 2.24) is 4.90 Å². The number of amides is 1. The summed E-state index contributed by atoms with van der Waals surface area (Å²) in [7, 11) is 0. The first-order chi connectivity index (χ1) is 12.6. The van der Waals surface area contributed by atoms with Gasteiger partial charge in [0.25, 0.3) is 0 Å². The average Bonchev–Trinajstić information content (AvgIpc) is 2.65. The Bertz CT molecular complexity index is 581. The maximum atomic E-state index is 12.3. The lowest BCUT2D eigenvalue weighted by molar-refractivity contribution is -0.0284. The van der Waals surface area contributed by atoms with E-state index in [0.29, 0.717) is 24.7 Å². The first kappa shape index (κ1) is 21.0. The molecule has 6 heteroatoms. The second kappa shape index (κ2) is 10.8. The topological polar surface area (TPSA) is 59.0 Å². The van der Waals surface area contributed by atoms with Gasteiger partial charge in [-0.25, -0.2) is 4.79 Å². The van der Waals surface area contributed by atoms with Crippen molar-refractivity contribution in [3.8, 4) is 0 Å². The lowest BCUT2D eigenvalue weighted by atomic mass is 9.87. The van der Waals surface area contributed by atoms with E-state index in [-0.39, 0.29) is 31.3 Å². The smallest absolute Gasteiger partial charge is 0.409 e. The molecule has 1 saturated heterocycles. The molecule has 146 valence electrons. The largest absolute Gasteiger partial charge is 0.449 e. The molecule has 1 heterocycles. The molecule has 5 nitrogen and oxygen atoms in total. The van der Waals surface area contributed by atoms with E-state index in [1.165, 1.54) is 0 Å². The minimum absolute atomic E-state index is 0.0361. The van der Waals surface area contributed by atoms with Crippen molar-refractivity contribution in [3.63, 3.8) is 0 Å². The van der Waals surface area contributed by atoms with E-state index < -0.39 is 0 Å². The van der Waals surface area contributed by atoms with Crippen LogP contribution >= 0.6 is 11.6 Å². The van der Waals surface area contributed by atoms with Gasteiger partial charge >= 0.3 is 6.09 Å². The molecular formula is C20H30ClNO4. The molecule has 2 atom stereocenters. The number of hydrogen-bond acceptors (Lipinski definition) is 4. The van der Waals surface area contributed by atoms with Crippen LogP contribution in [0.5, 0.6) is 0 Å². The summed E-state index contributed by atoms with van der Waals surface area (Å²) >= 11 is 6.19. The highest BCUT2D eigenvalue weighted by Gasteiger charge is 2.32. The fraction of sp³-hybridized carbons (Fsp3) is 0.650. The van der Waals surface area contributed by atoms with Crippen molar-refractivity contribution in [2.45, 2.75) is 45.6 Å². The number of nitrogens with zero attached hydrogens (tertiary/aromatic N) is 1. The predicted molar refractivity (Wildman–Crippen MR) is 103 cm³/mol. The maximum absolute atomic E-state index is 12.3. The van der Waals surface area contributed by atoms with Crippen molar-refractivity contribution in [3.05, 3.63) is 34.3 Å². The van der Waals surface area contributed by atoms with Crippen molar-refractivity contribution in [2.24, 2.45) is 5.92 Å². The van der Waals surface area contributed by atoms with Crippen LogP contribution in [0.15, 0.2) is 18.2 Å². The van der Waals surface area contributed by atoms with Crippen LogP contribution in [-0.2, 0) is 9.47 Å². The molecule has 2 unspecified atom stereocenters. The van der Waals surface area contributed by atoms with Crippen LogP contribution in [0.1, 0.15) is 49.8 Å². The van der Waals surface area contributed by atoms with Crippen LogP contribution in [0.3, 0.4) is 0 Å². The fourth-order valence-corrected chi connectivity index (χ4v) is 3.58. The number of rotatable bonds is 8. The van der Waals surface area contributed by atoms with E-state index in [4.69, 9.17) is 21.1 Å². The van der Waals surface area contributed by atoms with Crippen molar-refractivity contribution in [1.29, 1.82) is 0 Å². The third kappa shape index (κ3) is 5.86. The minimum Gasteiger partial charge on any atom is -0.449 e. The molecule has 26 heavy (non-hydrogen) atoms. The number of unbranched alkanes of at least 4 members (excludes halogenated alkanes) is 1. The predicted octanol–water partition coefficient (Wildman–Crippen LogP) is 4.35. The summed E-state index contributed by atoms with van der Waals surface area (Å²) in [4.78, 5) is 14.1. The van der Waals surface area contributed by atoms with Crippen molar-refractivity contribution >= 4 is 17.7 Å². The highest BCUT2D eigenvalue weighted by atomic mass is 35.5. The number of likely N-dealkylation sites (tertiary alicyclic amines) is 1. The Morgan fingerprint density at radius 2 is 2.23 bits per heavy atom. The van der Waals surface area contributed by atoms with Gasteiger partial charge in [-0.2, -0.15) is 0 Å². The zero-order valence-electron chi connectivity index (χ0n) is 15.7. The van der Waals surface area contributed by atoms with Gasteiger partial charge in [0.1, 0.15) is 0 Å². The van der Waals surface area contributed by atoms with Gasteiger partial charge in [0.05, 0.1) is 25.9 Å². The summed E-state index contributed by atoms with van der Waals surface area (Å²) < 4.78 is 11.4. The van der Waals surface area contributed by atoms with Gasteiger partial charge in [-0.1, -0.05) is 31.0 Å². The third-order valence-electron chi connectivity index (χ3n) is 4.80. The van der Waals surface area contributed by atoms with E-state index in [1.807, 2.05) is 25.1 Å². The molecule has 0 radical (unpaired) electrons. The molecule has 1 aromatic rings. The molecule has 2 rings (SSSR count). The monoisotopic (exact) mass is 383 g/mol. The van der Waals surface area contributed by atoms with Gasteiger partial charge in [-0.05, 0) is 49.4 Å². The summed E-state index contributed by atoms with van der Waals surface area (Å²) in [5.74, 6) is 0.145. The average molecular weight is 384 g/mol. The van der Waals surface area contributed by atoms with E-state index >= 15 is 0 Å². The van der Waals surface area contributed by atoms with Gasteiger partial charge in [0.15, 0.2) is 0 Å². The number of carbonyl (C=O) groups is 1. The van der Waals surface area contributed by atoms with Gasteiger partial charge in [-0.15, -0.1) is 0 Å². The molecule has 0 aliphatic carbocycles. The summed E-state index contributed by atoms with van der Waals surface area (Å²) in [6.45, 7) is 6.09. The number of aliphatic hydroxyl groups is 1. The highest BCUT2D eigenvalue weighted by Crippen LogP contribution is 2.35. The van der Waals surface area contributed by atoms with E-state index in [0.717, 1.165) is 36.8 Å². The van der Waals surface area contributed by atoms with Crippen molar-refractivity contribution in [2.75, 3.05) is 32.9 Å². The van der Waals surface area contributed by atoms with Gasteiger partial charge in [0, 0.05) is 24.0 Å². The number of piperidine rings is 1. The lowest BCUT2D eigenvalue weighted by Gasteiger charge is -2.37. The van der Waals surface area contributed by atoms with Gasteiger partial charge in [0.2, 0.25) is 0 Å². The van der Waals surface area contributed by atoms with Gasteiger partial charge in [-0.3, -0.25) is 0 Å². The summed E-state index contributed by atoms with van der Waals surface area (Å²) in [5, 5.41) is 9.87. The normalized spacial score (nSPS) is 18.6. The Morgan fingerprint density at radius 3 is 2.96 bits per heavy atom. The quantitative estimate of drug-likeness (QED) is 0.678. The number of ether oxygens (including phenoxy) is 2. The molecule has 0 bridgehead atoms.